The van der Waals surface area contributed by atoms with Crippen molar-refractivity contribution in [2.75, 3.05) is 18.1 Å². The average Bonchev–Trinajstić information content (AvgIpc) is 3.21. The van der Waals surface area contributed by atoms with E-state index < -0.39 is 0 Å². The molecule has 0 atom stereocenters. The number of anilines is 1. The molecule has 0 saturated carbocycles. The molecule has 0 spiro atoms. The van der Waals surface area contributed by atoms with Crippen molar-refractivity contribution in [3.63, 3.8) is 0 Å². The number of halogens is 1. The number of carbonyl (C=O) groups is 2. The molecule has 1 N–H and O–H groups in total. The molecule has 3 aromatic carbocycles. The van der Waals surface area contributed by atoms with E-state index >= 15 is 0 Å². The maximum absolute atomic E-state index is 13.0. The second-order valence-electron chi connectivity index (χ2n) is 7.32. The van der Waals surface area contributed by atoms with Crippen molar-refractivity contribution < 1.29 is 14.3 Å². The Morgan fingerprint density at radius 3 is 2.42 bits per heavy atom. The Hall–Kier alpha value is -3.31. The van der Waals surface area contributed by atoms with Gasteiger partial charge in [0.2, 0.25) is 0 Å². The summed E-state index contributed by atoms with van der Waals surface area (Å²) in [5, 5.41) is 3.54. The maximum Gasteiger partial charge on any atom is 0.258 e. The van der Waals surface area contributed by atoms with Gasteiger partial charge < -0.3 is 15.0 Å². The molecule has 158 valence electrons. The third-order valence-corrected chi connectivity index (χ3v) is 5.51. The molecule has 0 radical (unpaired) electrons. The van der Waals surface area contributed by atoms with E-state index in [1.54, 1.807) is 53.4 Å². The first-order chi connectivity index (χ1) is 15.0. The van der Waals surface area contributed by atoms with Crippen LogP contribution in [0.15, 0.2) is 66.7 Å². The summed E-state index contributed by atoms with van der Waals surface area (Å²) in [5.74, 6) is 0.534. The topological polar surface area (TPSA) is 58.6 Å². The number of benzene rings is 3. The molecule has 3 aromatic rings. The molecule has 31 heavy (non-hydrogen) atoms. The first kappa shape index (κ1) is 20.9. The first-order valence-electron chi connectivity index (χ1n) is 10.3. The van der Waals surface area contributed by atoms with E-state index in [9.17, 15) is 9.59 Å². The molecule has 0 fully saturated rings. The van der Waals surface area contributed by atoms with Crippen molar-refractivity contribution in [1.82, 2.24) is 5.32 Å². The van der Waals surface area contributed by atoms with Gasteiger partial charge >= 0.3 is 0 Å². The van der Waals surface area contributed by atoms with Gasteiger partial charge in [-0.2, -0.15) is 0 Å². The van der Waals surface area contributed by atoms with Gasteiger partial charge in [-0.15, -0.1) is 0 Å². The summed E-state index contributed by atoms with van der Waals surface area (Å²) in [4.78, 5) is 27.2. The van der Waals surface area contributed by atoms with Crippen molar-refractivity contribution in [2.24, 2.45) is 0 Å². The Morgan fingerprint density at radius 2 is 1.71 bits per heavy atom. The van der Waals surface area contributed by atoms with Gasteiger partial charge in [-0.1, -0.05) is 23.7 Å². The van der Waals surface area contributed by atoms with Gasteiger partial charge in [0.15, 0.2) is 0 Å². The third kappa shape index (κ3) is 4.72. The number of hydrogen-bond donors (Lipinski definition) is 1. The fraction of sp³-hybridized carbons (Fsp3) is 0.200. The van der Waals surface area contributed by atoms with Gasteiger partial charge in [0.1, 0.15) is 5.75 Å². The van der Waals surface area contributed by atoms with E-state index in [1.165, 1.54) is 0 Å². The van der Waals surface area contributed by atoms with E-state index in [0.29, 0.717) is 35.8 Å². The number of rotatable bonds is 6. The molecule has 0 aromatic heterocycles. The number of amides is 2. The minimum atomic E-state index is -0.155. The molecular formula is C25H23ClN2O3. The van der Waals surface area contributed by atoms with Crippen molar-refractivity contribution in [3.8, 4) is 5.75 Å². The lowest BCUT2D eigenvalue weighted by Gasteiger charge is -2.18. The highest BCUT2D eigenvalue weighted by atomic mass is 35.5. The van der Waals surface area contributed by atoms with Crippen LogP contribution in [0.2, 0.25) is 5.02 Å². The van der Waals surface area contributed by atoms with E-state index in [2.05, 4.69) is 5.32 Å². The van der Waals surface area contributed by atoms with Gasteiger partial charge in [0, 0.05) is 34.9 Å². The molecule has 0 unspecified atom stereocenters. The Bertz CT molecular complexity index is 1090. The summed E-state index contributed by atoms with van der Waals surface area (Å²) >= 11 is 5.94. The van der Waals surface area contributed by atoms with Crippen LogP contribution in [0.4, 0.5) is 5.69 Å². The fourth-order valence-corrected chi connectivity index (χ4v) is 3.77. The van der Waals surface area contributed by atoms with Crippen molar-refractivity contribution in [1.29, 1.82) is 0 Å². The maximum atomic E-state index is 13.0. The zero-order chi connectivity index (χ0) is 21.8. The highest BCUT2D eigenvalue weighted by Gasteiger charge is 2.25. The van der Waals surface area contributed by atoms with Gasteiger partial charge in [-0.3, -0.25) is 9.59 Å². The molecule has 0 saturated heterocycles. The second kappa shape index (κ2) is 9.23. The summed E-state index contributed by atoms with van der Waals surface area (Å²) in [5.41, 5.74) is 4.14. The fourth-order valence-electron chi connectivity index (χ4n) is 3.65. The SMILES string of the molecule is CCOc1ccc(C(=O)NCc2ccc3c(c2)N(C(=O)c2ccc(Cl)cc2)CC3)cc1. The number of fused-ring (bicyclic) bond motifs is 1. The quantitative estimate of drug-likeness (QED) is 0.602. The van der Waals surface area contributed by atoms with Crippen LogP contribution < -0.4 is 15.0 Å². The standard InChI is InChI=1S/C25H23ClN2O3/c1-2-31-22-11-7-19(8-12-22)24(29)27-16-17-3-4-18-13-14-28(23(18)15-17)25(30)20-5-9-21(26)10-6-20/h3-12,15H,2,13-14,16H2,1H3,(H,27,29). The molecular weight excluding hydrogens is 412 g/mol. The van der Waals surface area contributed by atoms with Crippen LogP contribution in [0, 0.1) is 0 Å². The monoisotopic (exact) mass is 434 g/mol. The van der Waals surface area contributed by atoms with E-state index in [-0.39, 0.29) is 11.8 Å². The Morgan fingerprint density at radius 1 is 1.00 bits per heavy atom. The van der Waals surface area contributed by atoms with Crippen LogP contribution in [0.5, 0.6) is 5.75 Å². The molecule has 1 heterocycles. The van der Waals surface area contributed by atoms with E-state index in [0.717, 1.165) is 29.0 Å². The Balaban J connectivity index is 1.44. The smallest absolute Gasteiger partial charge is 0.258 e. The number of carbonyl (C=O) groups excluding carboxylic acids is 2. The number of nitrogens with zero attached hydrogens (tertiary/aromatic N) is 1. The lowest BCUT2D eigenvalue weighted by Crippen LogP contribution is -2.29. The third-order valence-electron chi connectivity index (χ3n) is 5.26. The van der Waals surface area contributed by atoms with Gasteiger partial charge in [0.25, 0.3) is 11.8 Å². The molecule has 1 aliphatic rings. The predicted molar refractivity (Wildman–Crippen MR) is 122 cm³/mol. The summed E-state index contributed by atoms with van der Waals surface area (Å²) in [7, 11) is 0. The number of hydrogen-bond acceptors (Lipinski definition) is 3. The largest absolute Gasteiger partial charge is 0.494 e. The summed E-state index contributed by atoms with van der Waals surface area (Å²) in [6, 6.07) is 20.0. The van der Waals surface area contributed by atoms with Crippen LogP contribution in [-0.2, 0) is 13.0 Å². The number of nitrogens with one attached hydrogen (secondary N) is 1. The zero-order valence-electron chi connectivity index (χ0n) is 17.2. The van der Waals surface area contributed by atoms with E-state index in [4.69, 9.17) is 16.3 Å². The van der Waals surface area contributed by atoms with Crippen LogP contribution in [0.3, 0.4) is 0 Å². The normalized spacial score (nSPS) is 12.4. The molecule has 6 heteroatoms. The molecule has 1 aliphatic heterocycles. The Kier molecular flexibility index (Phi) is 6.23. The van der Waals surface area contributed by atoms with E-state index in [1.807, 2.05) is 25.1 Å². The van der Waals surface area contributed by atoms with Crippen molar-refractivity contribution in [2.45, 2.75) is 19.9 Å². The van der Waals surface area contributed by atoms with Crippen molar-refractivity contribution in [3.05, 3.63) is 94.0 Å². The Labute approximate surface area is 186 Å². The highest BCUT2D eigenvalue weighted by molar-refractivity contribution is 6.30. The molecule has 2 amide bonds. The lowest BCUT2D eigenvalue weighted by molar-refractivity contribution is 0.0949. The highest BCUT2D eigenvalue weighted by Crippen LogP contribution is 2.30. The van der Waals surface area contributed by atoms with Crippen LogP contribution in [-0.4, -0.2) is 25.0 Å². The van der Waals surface area contributed by atoms with Gasteiger partial charge in [0.05, 0.1) is 6.61 Å². The molecule has 0 aliphatic carbocycles. The summed E-state index contributed by atoms with van der Waals surface area (Å²) in [6.45, 7) is 3.52. The van der Waals surface area contributed by atoms with Crippen molar-refractivity contribution >= 4 is 29.1 Å². The molecule has 4 rings (SSSR count). The predicted octanol–water partition coefficient (Wildman–Crippen LogP) is 4.87. The number of ether oxygens (including phenoxy) is 1. The average molecular weight is 435 g/mol. The summed E-state index contributed by atoms with van der Waals surface area (Å²) < 4.78 is 5.41. The van der Waals surface area contributed by atoms with Crippen LogP contribution in [0.1, 0.15) is 38.8 Å². The zero-order valence-corrected chi connectivity index (χ0v) is 18.0. The van der Waals surface area contributed by atoms with Gasteiger partial charge in [-0.25, -0.2) is 0 Å². The minimum Gasteiger partial charge on any atom is -0.494 e. The minimum absolute atomic E-state index is 0.0500. The second-order valence-corrected chi connectivity index (χ2v) is 7.75. The molecule has 0 bridgehead atoms. The van der Waals surface area contributed by atoms with Crippen LogP contribution in [0.25, 0.3) is 0 Å². The lowest BCUT2D eigenvalue weighted by atomic mass is 10.1. The van der Waals surface area contributed by atoms with Gasteiger partial charge in [-0.05, 0) is 79.1 Å². The summed E-state index contributed by atoms with van der Waals surface area (Å²) in [6.07, 6.45) is 0.813. The first-order valence-corrected chi connectivity index (χ1v) is 10.6. The van der Waals surface area contributed by atoms with Crippen LogP contribution >= 0.6 is 11.6 Å². The molecule has 5 nitrogen and oxygen atoms in total.